The lowest BCUT2D eigenvalue weighted by Crippen LogP contribution is -2.42. The Labute approximate surface area is 180 Å². The number of hydrogen-bond donors (Lipinski definition) is 1. The Hall–Kier alpha value is -2.67. The maximum atomic E-state index is 13.0. The van der Waals surface area contributed by atoms with Crippen LogP contribution in [0.5, 0.6) is 0 Å². The molecule has 2 fully saturated rings. The fourth-order valence-corrected chi connectivity index (χ4v) is 4.06. The number of hydrogen-bond acceptors (Lipinski definition) is 5. The number of ether oxygens (including phenoxy) is 1. The van der Waals surface area contributed by atoms with Crippen LogP contribution in [-0.4, -0.2) is 66.0 Å². The van der Waals surface area contributed by atoms with Crippen molar-refractivity contribution < 1.29 is 19.4 Å². The number of aliphatic hydroxyl groups is 1. The molecule has 0 spiro atoms. The van der Waals surface area contributed by atoms with Gasteiger partial charge in [0.2, 0.25) is 0 Å². The van der Waals surface area contributed by atoms with Gasteiger partial charge in [0.25, 0.3) is 11.7 Å². The number of rotatable bonds is 5. The number of carbonyl (C=O) groups is 2. The van der Waals surface area contributed by atoms with Gasteiger partial charge < -0.3 is 14.7 Å². The van der Waals surface area contributed by atoms with Crippen molar-refractivity contribution in [3.8, 4) is 0 Å². The highest BCUT2D eigenvalue weighted by Gasteiger charge is 2.45. The van der Waals surface area contributed by atoms with Gasteiger partial charge in [-0.05, 0) is 29.8 Å². The monoisotopic (exact) mass is 426 g/mol. The van der Waals surface area contributed by atoms with Crippen LogP contribution in [-0.2, 0) is 14.3 Å². The zero-order valence-corrected chi connectivity index (χ0v) is 17.2. The van der Waals surface area contributed by atoms with Crippen LogP contribution in [0, 0.1) is 0 Å². The lowest BCUT2D eigenvalue weighted by atomic mass is 9.95. The maximum absolute atomic E-state index is 13.0. The summed E-state index contributed by atoms with van der Waals surface area (Å²) in [7, 11) is 0. The topological polar surface area (TPSA) is 70.1 Å². The van der Waals surface area contributed by atoms with Gasteiger partial charge in [0.1, 0.15) is 5.76 Å². The summed E-state index contributed by atoms with van der Waals surface area (Å²) in [6, 6.07) is 15.3. The number of morpholine rings is 1. The van der Waals surface area contributed by atoms with Gasteiger partial charge in [0, 0.05) is 36.8 Å². The van der Waals surface area contributed by atoms with E-state index in [9.17, 15) is 14.7 Å². The van der Waals surface area contributed by atoms with Crippen molar-refractivity contribution in [2.75, 3.05) is 39.4 Å². The van der Waals surface area contributed by atoms with Crippen molar-refractivity contribution in [3.63, 3.8) is 0 Å². The predicted molar refractivity (Wildman–Crippen MR) is 114 cm³/mol. The fourth-order valence-electron chi connectivity index (χ4n) is 3.93. The molecular weight excluding hydrogens is 404 g/mol. The minimum atomic E-state index is -0.668. The zero-order chi connectivity index (χ0) is 21.1. The molecule has 30 heavy (non-hydrogen) atoms. The number of likely N-dealkylation sites (tertiary alicyclic amines) is 1. The maximum Gasteiger partial charge on any atom is 0.295 e. The summed E-state index contributed by atoms with van der Waals surface area (Å²) in [4.78, 5) is 29.7. The molecule has 1 amide bonds. The number of benzene rings is 2. The number of Topliss-reactive ketones (excluding diaryl/α,β-unsaturated/α-hetero) is 1. The molecule has 2 aliphatic rings. The van der Waals surface area contributed by atoms with E-state index in [1.54, 1.807) is 29.2 Å². The third kappa shape index (κ3) is 4.12. The summed E-state index contributed by atoms with van der Waals surface area (Å²) in [6.45, 7) is 3.95. The Bertz CT molecular complexity index is 953. The molecule has 1 N–H and O–H groups in total. The van der Waals surface area contributed by atoms with E-state index < -0.39 is 17.7 Å². The fraction of sp³-hybridized carbons (Fsp3) is 0.304. The molecule has 156 valence electrons. The Kier molecular flexibility index (Phi) is 6.18. The van der Waals surface area contributed by atoms with E-state index in [1.165, 1.54) is 0 Å². The second-order valence-electron chi connectivity index (χ2n) is 7.36. The summed E-state index contributed by atoms with van der Waals surface area (Å²) in [5.41, 5.74) is 1.34. The first-order valence-corrected chi connectivity index (χ1v) is 10.3. The molecule has 2 heterocycles. The SMILES string of the molecule is O=C1C(=O)N(CCN2CCOCC2)[C@H](c2ccccc2)/C1=C(\O)c1ccc(Cl)cc1. The highest BCUT2D eigenvalue weighted by atomic mass is 35.5. The van der Waals surface area contributed by atoms with Crippen molar-refractivity contribution in [2.45, 2.75) is 6.04 Å². The van der Waals surface area contributed by atoms with Gasteiger partial charge in [-0.15, -0.1) is 0 Å². The van der Waals surface area contributed by atoms with Crippen molar-refractivity contribution >= 4 is 29.1 Å². The number of nitrogens with zero attached hydrogens (tertiary/aromatic N) is 2. The highest BCUT2D eigenvalue weighted by molar-refractivity contribution is 6.46. The lowest BCUT2D eigenvalue weighted by Gasteiger charge is -2.31. The quantitative estimate of drug-likeness (QED) is 0.452. The van der Waals surface area contributed by atoms with Gasteiger partial charge >= 0.3 is 0 Å². The summed E-state index contributed by atoms with van der Waals surface area (Å²) in [5, 5.41) is 11.5. The minimum absolute atomic E-state index is 0.107. The van der Waals surface area contributed by atoms with Crippen molar-refractivity contribution in [2.24, 2.45) is 0 Å². The Morgan fingerprint density at radius 2 is 1.67 bits per heavy atom. The molecule has 4 rings (SSSR count). The summed E-state index contributed by atoms with van der Waals surface area (Å²) < 4.78 is 5.38. The van der Waals surface area contributed by atoms with Gasteiger partial charge in [0.15, 0.2) is 0 Å². The molecule has 0 aromatic heterocycles. The van der Waals surface area contributed by atoms with E-state index in [-0.39, 0.29) is 11.3 Å². The first-order valence-electron chi connectivity index (χ1n) is 9.95. The number of amides is 1. The van der Waals surface area contributed by atoms with E-state index in [4.69, 9.17) is 16.3 Å². The molecule has 2 aromatic carbocycles. The molecule has 2 saturated heterocycles. The van der Waals surface area contributed by atoms with E-state index in [1.807, 2.05) is 30.3 Å². The number of aliphatic hydroxyl groups excluding tert-OH is 1. The van der Waals surface area contributed by atoms with Crippen LogP contribution < -0.4 is 0 Å². The van der Waals surface area contributed by atoms with Crippen molar-refractivity contribution in [3.05, 3.63) is 76.3 Å². The molecule has 2 aliphatic heterocycles. The Morgan fingerprint density at radius 1 is 1.00 bits per heavy atom. The van der Waals surface area contributed by atoms with Gasteiger partial charge in [-0.25, -0.2) is 0 Å². The second kappa shape index (κ2) is 9.00. The van der Waals surface area contributed by atoms with Gasteiger partial charge in [-0.2, -0.15) is 0 Å². The van der Waals surface area contributed by atoms with Crippen LogP contribution >= 0.6 is 11.6 Å². The first kappa shape index (κ1) is 20.6. The molecule has 0 bridgehead atoms. The Morgan fingerprint density at radius 3 is 2.33 bits per heavy atom. The van der Waals surface area contributed by atoms with E-state index in [0.717, 1.165) is 18.7 Å². The lowest BCUT2D eigenvalue weighted by molar-refractivity contribution is -0.140. The van der Waals surface area contributed by atoms with Crippen LogP contribution in [0.1, 0.15) is 17.2 Å². The van der Waals surface area contributed by atoms with E-state index in [2.05, 4.69) is 4.90 Å². The largest absolute Gasteiger partial charge is 0.507 e. The summed E-state index contributed by atoms with van der Waals surface area (Å²) in [6.07, 6.45) is 0. The van der Waals surface area contributed by atoms with Crippen LogP contribution in [0.15, 0.2) is 60.2 Å². The first-order chi connectivity index (χ1) is 14.6. The third-order valence-electron chi connectivity index (χ3n) is 5.53. The number of halogens is 1. The molecule has 0 unspecified atom stereocenters. The molecule has 1 atom stereocenters. The van der Waals surface area contributed by atoms with E-state index >= 15 is 0 Å². The van der Waals surface area contributed by atoms with Crippen LogP contribution in [0.4, 0.5) is 0 Å². The molecule has 6 nitrogen and oxygen atoms in total. The molecule has 0 aliphatic carbocycles. The smallest absolute Gasteiger partial charge is 0.295 e. The average molecular weight is 427 g/mol. The second-order valence-corrected chi connectivity index (χ2v) is 7.80. The van der Waals surface area contributed by atoms with E-state index in [0.29, 0.717) is 36.9 Å². The standard InChI is InChI=1S/C23H23ClN2O4/c24-18-8-6-17(7-9-18)21(27)19-20(16-4-2-1-3-5-16)26(23(29)22(19)28)11-10-25-12-14-30-15-13-25/h1-9,20,27H,10-15H2/b21-19+/t20-/m1/s1. The van der Waals surface area contributed by atoms with Gasteiger partial charge in [-0.1, -0.05) is 41.9 Å². The predicted octanol–water partition coefficient (Wildman–Crippen LogP) is 3.09. The van der Waals surface area contributed by atoms with Gasteiger partial charge in [0.05, 0.1) is 24.8 Å². The molecule has 7 heteroatoms. The van der Waals surface area contributed by atoms with Crippen molar-refractivity contribution in [1.29, 1.82) is 0 Å². The number of ketones is 1. The normalized spacial score (nSPS) is 21.9. The summed E-state index contributed by atoms with van der Waals surface area (Å²) in [5.74, 6) is -1.45. The van der Waals surface area contributed by atoms with Crippen LogP contribution in [0.25, 0.3) is 5.76 Å². The van der Waals surface area contributed by atoms with Crippen LogP contribution in [0.2, 0.25) is 5.02 Å². The third-order valence-corrected chi connectivity index (χ3v) is 5.79. The average Bonchev–Trinajstić information content (AvgIpc) is 3.04. The minimum Gasteiger partial charge on any atom is -0.507 e. The zero-order valence-electron chi connectivity index (χ0n) is 16.5. The molecule has 0 radical (unpaired) electrons. The number of carbonyl (C=O) groups excluding carboxylic acids is 2. The molecule has 0 saturated carbocycles. The van der Waals surface area contributed by atoms with Crippen molar-refractivity contribution in [1.82, 2.24) is 9.80 Å². The highest BCUT2D eigenvalue weighted by Crippen LogP contribution is 2.39. The molecule has 2 aromatic rings. The van der Waals surface area contributed by atoms with Crippen LogP contribution in [0.3, 0.4) is 0 Å². The molecular formula is C23H23ClN2O4. The Balaban J connectivity index is 1.71. The van der Waals surface area contributed by atoms with Gasteiger partial charge in [-0.3, -0.25) is 14.5 Å². The summed E-state index contributed by atoms with van der Waals surface area (Å²) >= 11 is 5.95.